The van der Waals surface area contributed by atoms with E-state index in [-0.39, 0.29) is 12.3 Å². The number of aliphatic carboxylic acids is 2. The van der Waals surface area contributed by atoms with Gasteiger partial charge in [0.05, 0.1) is 70.6 Å². The van der Waals surface area contributed by atoms with E-state index < -0.39 is 284 Å². The average Bonchev–Trinajstić information content (AvgIpc) is 0.758. The van der Waals surface area contributed by atoms with Crippen LogP contribution in [0.3, 0.4) is 0 Å². The zero-order chi connectivity index (χ0) is 87.8. The van der Waals surface area contributed by atoms with Gasteiger partial charge in [0.15, 0.2) is 25.2 Å². The van der Waals surface area contributed by atoms with Crippen LogP contribution in [0.5, 0.6) is 0 Å². The zero-order valence-corrected chi connectivity index (χ0v) is 68.2. The summed E-state index contributed by atoms with van der Waals surface area (Å²) in [5.41, 5.74) is 0. The van der Waals surface area contributed by atoms with E-state index in [2.05, 4.69) is 24.5 Å². The first-order valence-corrected chi connectivity index (χ1v) is 42.2. The first-order valence-electron chi connectivity index (χ1n) is 42.2. The summed E-state index contributed by atoms with van der Waals surface area (Å²) in [6.07, 6.45) is -37.3. The molecule has 0 radical (unpaired) electrons. The SMILES string of the molecule is CCCCCCCCCCCCC/C=C/[C@@H](O)[C@H](CO[C@@H]1OC(CO)[C@@H](O[C@@H]2OC(CO)[C@H](O[C@@H]3OC(CO[C@]4(C(=O)O)CC(O)[C@@H](O)C([C@H](O)[C@H](O)CO)O4)[C@H](O)[C@H](O[C@@H]4OC(CO)[C@H](O)[C@H](O[C@]5(C(=O)O)CC(O)[C@@H](O)C([C@H](O)[C@H](O)CO)O5)C4O)C3NC(C)=O)[C@H](O)C2O)[C@H](O)C1O)NC(=O)CCCCCCCCCCCCCCC. The fourth-order valence-electron chi connectivity index (χ4n) is 15.6. The molecule has 34 atom stereocenters. The number of carbonyl (C=O) groups is 4. The van der Waals surface area contributed by atoms with Crippen molar-refractivity contribution < 1.29 is 193 Å². The van der Waals surface area contributed by atoms with Crippen LogP contribution >= 0.6 is 0 Å². The Morgan fingerprint density at radius 2 is 0.857 bits per heavy atom. The van der Waals surface area contributed by atoms with E-state index in [1.807, 2.05) is 0 Å². The fraction of sp³-hybridized carbons (Fsp3) is 0.923. The largest absolute Gasteiger partial charge is 0.477 e. The van der Waals surface area contributed by atoms with Crippen molar-refractivity contribution in [3.05, 3.63) is 12.2 Å². The summed E-state index contributed by atoms with van der Waals surface area (Å²) in [4.78, 5) is 53.4. The number of nitrogens with one attached hydrogen (secondary N) is 2. The Morgan fingerprint density at radius 1 is 0.454 bits per heavy atom. The van der Waals surface area contributed by atoms with E-state index in [4.69, 9.17) is 56.8 Å². The van der Waals surface area contributed by atoms with E-state index in [1.165, 1.54) is 96.0 Å². The molecule has 6 rings (SSSR count). The number of carboxylic acid groups (broad SMARTS) is 2. The highest BCUT2D eigenvalue weighted by Gasteiger charge is 2.63. The maximum Gasteiger partial charge on any atom is 0.364 e. The van der Waals surface area contributed by atoms with Crippen molar-refractivity contribution in [3.63, 3.8) is 0 Å². The van der Waals surface area contributed by atoms with E-state index in [0.29, 0.717) is 12.8 Å². The van der Waals surface area contributed by atoms with Crippen LogP contribution in [0, 0.1) is 0 Å². The number of unbranched alkanes of at least 4 members (excludes halogenated alkanes) is 23. The Balaban J connectivity index is 1.22. The predicted octanol–water partition coefficient (Wildman–Crippen LogP) is -4.94. The lowest BCUT2D eigenvalue weighted by Crippen LogP contribution is -2.71. The Bertz CT molecular complexity index is 2900. The van der Waals surface area contributed by atoms with E-state index in [1.54, 1.807) is 6.08 Å². The quantitative estimate of drug-likeness (QED) is 0.0200. The molecule has 6 aliphatic rings. The molecule has 119 heavy (non-hydrogen) atoms. The summed E-state index contributed by atoms with van der Waals surface area (Å²) in [5.74, 6) is -12.3. The number of carbonyl (C=O) groups excluding carboxylic acids is 2. The number of allylic oxidation sites excluding steroid dienone is 1. The molecule has 0 aromatic heterocycles. The number of carboxylic acids is 2. The Morgan fingerprint density at radius 3 is 1.33 bits per heavy atom. The second kappa shape index (κ2) is 52.4. The highest BCUT2D eigenvalue weighted by atomic mass is 16.8. The van der Waals surface area contributed by atoms with Crippen LogP contribution in [0.25, 0.3) is 0 Å². The molecule has 0 saturated carbocycles. The van der Waals surface area contributed by atoms with Crippen LogP contribution in [0.2, 0.25) is 0 Å². The molecule has 0 spiro atoms. The molecule has 0 aliphatic carbocycles. The fourth-order valence-corrected chi connectivity index (χ4v) is 15.6. The first-order chi connectivity index (χ1) is 56.7. The van der Waals surface area contributed by atoms with Gasteiger partial charge in [0, 0.05) is 26.2 Å². The van der Waals surface area contributed by atoms with Gasteiger partial charge in [0.2, 0.25) is 11.8 Å². The van der Waals surface area contributed by atoms with Gasteiger partial charge in [-0.15, -0.1) is 0 Å². The number of aliphatic hydroxyl groups is 21. The van der Waals surface area contributed by atoms with Gasteiger partial charge in [-0.05, 0) is 19.3 Å². The van der Waals surface area contributed by atoms with Crippen molar-refractivity contribution in [2.45, 2.75) is 408 Å². The minimum atomic E-state index is -3.35. The topological polar surface area (TPSA) is 668 Å². The number of ether oxygens (including phenoxy) is 12. The molecule has 0 aromatic rings. The molecule has 0 bridgehead atoms. The molecular weight excluding hydrogens is 1590 g/mol. The number of rotatable bonds is 55. The normalized spacial score (nSPS) is 36.8. The van der Waals surface area contributed by atoms with Crippen molar-refractivity contribution in [1.82, 2.24) is 10.6 Å². The lowest BCUT2D eigenvalue weighted by Gasteiger charge is -2.51. The molecule has 41 nitrogen and oxygen atoms in total. The second-order valence-electron chi connectivity index (χ2n) is 32.1. The third-order valence-electron chi connectivity index (χ3n) is 22.8. The van der Waals surface area contributed by atoms with Crippen LogP contribution in [0.15, 0.2) is 12.2 Å². The summed E-state index contributed by atoms with van der Waals surface area (Å²) in [5, 5.41) is 259. The van der Waals surface area contributed by atoms with Gasteiger partial charge >= 0.3 is 11.9 Å². The number of amides is 2. The average molecular weight is 1730 g/mol. The molecule has 41 heteroatoms. The summed E-state index contributed by atoms with van der Waals surface area (Å²) in [6, 6.07) is -3.26. The monoisotopic (exact) mass is 1730 g/mol. The Hall–Kier alpha value is -3.70. The summed E-state index contributed by atoms with van der Waals surface area (Å²) < 4.78 is 70.4. The van der Waals surface area contributed by atoms with Gasteiger partial charge in [-0.3, -0.25) is 9.59 Å². The zero-order valence-electron chi connectivity index (χ0n) is 68.2. The van der Waals surface area contributed by atoms with Crippen molar-refractivity contribution in [1.29, 1.82) is 0 Å². The van der Waals surface area contributed by atoms with E-state index >= 15 is 0 Å². The van der Waals surface area contributed by atoms with Crippen LogP contribution < -0.4 is 10.6 Å². The molecule has 25 N–H and O–H groups in total. The van der Waals surface area contributed by atoms with E-state index in [0.717, 1.165) is 64.7 Å². The Labute approximate surface area is 691 Å². The standard InChI is InChI=1S/C78H138N2O39/c1-4-6-8-10-12-14-16-18-20-22-24-26-28-30-43(87)42(80-52(92)31-29-27-25-23-21-19-17-15-13-11-9-7-5-2)39-108-72-62(101)60(99)66(49(37-84)111-72)115-73-63(102)61(100)65(50(38-85)112-73)114-71-53(79-41(3)86)67(59(98)51(113-71)40-109-77(75(104)105)32-44(88)54(93)68(117-77)56(95)46(90)34-81)116-74-64(103)70(58(97)48(36-83)110-74)119-78(76(106)107)33-45(89)55(94)69(118-78)57(96)47(91)35-82/h28,30,42-51,53-74,81-85,87-91,93-103H,4-27,29,31-40H2,1-3H3,(H,79,86)(H,80,92)(H,104,105)(H,106,107)/b30-28+/t42-,43+,44?,45?,46+,47+,48?,49?,50?,51?,53?,54+,55+,56+,57+,58-,59-,60+,61+,62?,63?,64?,65-,66+,67+,68?,69?,70-,71-,72+,73-,74-,77+,78-/m0/s1. The molecule has 6 heterocycles. The number of hydrogen-bond donors (Lipinski definition) is 25. The minimum absolute atomic E-state index is 0.133. The second-order valence-corrected chi connectivity index (χ2v) is 32.1. The summed E-state index contributed by atoms with van der Waals surface area (Å²) in [7, 11) is 0. The van der Waals surface area contributed by atoms with E-state index in [9.17, 15) is 137 Å². The molecule has 6 fully saturated rings. The van der Waals surface area contributed by atoms with Gasteiger partial charge in [-0.25, -0.2) is 9.59 Å². The maximum absolute atomic E-state index is 13.5. The molecular formula is C78H138N2O39. The molecule has 2 amide bonds. The predicted molar refractivity (Wildman–Crippen MR) is 407 cm³/mol. The smallest absolute Gasteiger partial charge is 0.364 e. The van der Waals surface area contributed by atoms with Crippen LogP contribution in [0.4, 0.5) is 0 Å². The molecule has 6 aliphatic heterocycles. The number of hydrogen-bond acceptors (Lipinski definition) is 37. The van der Waals surface area contributed by atoms with Crippen LogP contribution in [0.1, 0.15) is 201 Å². The van der Waals surface area contributed by atoms with Crippen LogP contribution in [-0.4, -0.2) is 395 Å². The maximum atomic E-state index is 13.5. The lowest BCUT2D eigenvalue weighted by atomic mass is 9.90. The lowest BCUT2D eigenvalue weighted by molar-refractivity contribution is -0.393. The van der Waals surface area contributed by atoms with Gasteiger partial charge in [0.25, 0.3) is 11.6 Å². The molecule has 12 unspecified atom stereocenters. The van der Waals surface area contributed by atoms with Crippen LogP contribution in [-0.2, 0) is 76.0 Å². The third-order valence-corrected chi connectivity index (χ3v) is 22.8. The van der Waals surface area contributed by atoms with Gasteiger partial charge in [-0.2, -0.15) is 0 Å². The van der Waals surface area contributed by atoms with Crippen molar-refractivity contribution in [3.8, 4) is 0 Å². The first kappa shape index (κ1) is 104. The highest BCUT2D eigenvalue weighted by molar-refractivity contribution is 5.77. The third kappa shape index (κ3) is 29.7. The van der Waals surface area contributed by atoms with Gasteiger partial charge in [-0.1, -0.05) is 167 Å². The molecule has 6 saturated heterocycles. The highest BCUT2D eigenvalue weighted by Crippen LogP contribution is 2.42. The summed E-state index contributed by atoms with van der Waals surface area (Å²) >= 11 is 0. The molecule has 694 valence electrons. The summed E-state index contributed by atoms with van der Waals surface area (Å²) in [6.45, 7) is -2.49. The van der Waals surface area contributed by atoms with Crippen molar-refractivity contribution >= 4 is 23.8 Å². The Kier molecular flexibility index (Phi) is 45.9. The van der Waals surface area contributed by atoms with Crippen molar-refractivity contribution in [2.75, 3.05) is 46.2 Å². The van der Waals surface area contributed by atoms with Gasteiger partial charge < -0.3 is 185 Å². The van der Waals surface area contributed by atoms with Gasteiger partial charge in [0.1, 0.15) is 146 Å². The van der Waals surface area contributed by atoms with Crippen molar-refractivity contribution in [2.24, 2.45) is 0 Å². The minimum Gasteiger partial charge on any atom is -0.477 e. The number of aliphatic hydroxyl groups excluding tert-OH is 21. The molecule has 0 aromatic carbocycles.